The minimum absolute atomic E-state index is 0.443. The first-order valence-corrected chi connectivity index (χ1v) is 5.65. The molecule has 0 aromatic carbocycles. The molecular weight excluding hydrogens is 188 g/mol. The smallest absolute Gasteiger partial charge is 0.0557 e. The van der Waals surface area contributed by atoms with E-state index in [0.29, 0.717) is 12.0 Å². The Bertz CT molecular complexity index is 374. The molecule has 0 spiro atoms. The van der Waals surface area contributed by atoms with Crippen LogP contribution < -0.4 is 5.32 Å². The molecule has 2 aliphatic rings. The van der Waals surface area contributed by atoms with Crippen LogP contribution in [0, 0.1) is 0 Å². The topological polar surface area (TPSA) is 34.2 Å². The van der Waals surface area contributed by atoms with Crippen LogP contribution in [-0.2, 0) is 11.2 Å². The van der Waals surface area contributed by atoms with E-state index in [0.717, 1.165) is 26.2 Å². The number of nitrogens with one attached hydrogen (secondary N) is 1. The number of aromatic nitrogens is 1. The Morgan fingerprint density at radius 1 is 1.47 bits per heavy atom. The van der Waals surface area contributed by atoms with Gasteiger partial charge >= 0.3 is 0 Å². The molecule has 1 aromatic rings. The van der Waals surface area contributed by atoms with Crippen LogP contribution in [0.25, 0.3) is 0 Å². The highest BCUT2D eigenvalue weighted by molar-refractivity contribution is 5.38. The van der Waals surface area contributed by atoms with E-state index in [1.54, 1.807) is 0 Å². The molecule has 3 heteroatoms. The molecule has 1 unspecified atom stereocenters. The number of pyridine rings is 1. The van der Waals surface area contributed by atoms with Gasteiger partial charge in [-0.3, -0.25) is 4.98 Å². The lowest BCUT2D eigenvalue weighted by Gasteiger charge is -2.32. The van der Waals surface area contributed by atoms with Crippen LogP contribution in [0.3, 0.4) is 0 Å². The first-order valence-electron chi connectivity index (χ1n) is 5.65. The Kier molecular flexibility index (Phi) is 2.22. The van der Waals surface area contributed by atoms with Gasteiger partial charge in [-0.2, -0.15) is 0 Å². The van der Waals surface area contributed by atoms with E-state index in [9.17, 15) is 0 Å². The van der Waals surface area contributed by atoms with E-state index in [4.69, 9.17) is 4.74 Å². The van der Waals surface area contributed by atoms with Gasteiger partial charge in [-0.25, -0.2) is 0 Å². The number of fused-ring (bicyclic) bond motifs is 1. The van der Waals surface area contributed by atoms with Crippen molar-refractivity contribution in [2.75, 3.05) is 19.8 Å². The largest absolute Gasteiger partial charge is 0.380 e. The van der Waals surface area contributed by atoms with Crippen molar-refractivity contribution in [2.24, 2.45) is 0 Å². The van der Waals surface area contributed by atoms with Crippen molar-refractivity contribution in [3.63, 3.8) is 0 Å². The Balaban J connectivity index is 2.05. The van der Waals surface area contributed by atoms with Crippen molar-refractivity contribution >= 4 is 0 Å². The number of hydrogen-bond donors (Lipinski definition) is 1. The standard InChI is InChI=1S/C12H16N2O/c1-8-12-10(9-6-15-7-9)2-4-14-11(12)3-5-13-8/h2,4,8-9,13H,3,5-7H2,1H3. The van der Waals surface area contributed by atoms with Gasteiger partial charge in [0.05, 0.1) is 13.2 Å². The number of hydrogen-bond acceptors (Lipinski definition) is 3. The van der Waals surface area contributed by atoms with Gasteiger partial charge in [0, 0.05) is 36.8 Å². The highest BCUT2D eigenvalue weighted by Crippen LogP contribution is 2.33. The lowest BCUT2D eigenvalue weighted by Crippen LogP contribution is -2.33. The van der Waals surface area contributed by atoms with Crippen LogP contribution in [0.4, 0.5) is 0 Å². The molecule has 3 rings (SSSR count). The van der Waals surface area contributed by atoms with Crippen molar-refractivity contribution in [3.05, 3.63) is 29.1 Å². The fraction of sp³-hybridized carbons (Fsp3) is 0.583. The first kappa shape index (κ1) is 9.31. The predicted molar refractivity (Wildman–Crippen MR) is 57.9 cm³/mol. The summed E-state index contributed by atoms with van der Waals surface area (Å²) in [5.41, 5.74) is 4.16. The molecule has 0 saturated carbocycles. The normalized spacial score (nSPS) is 25.8. The molecule has 15 heavy (non-hydrogen) atoms. The zero-order chi connectivity index (χ0) is 10.3. The average Bonchev–Trinajstić information content (AvgIpc) is 2.15. The maximum Gasteiger partial charge on any atom is 0.0557 e. The SMILES string of the molecule is CC1NCCc2nccc(C3COC3)c21. The van der Waals surface area contributed by atoms with Crippen LogP contribution >= 0.6 is 0 Å². The second kappa shape index (κ2) is 3.58. The first-order chi connectivity index (χ1) is 7.36. The Morgan fingerprint density at radius 3 is 3.07 bits per heavy atom. The zero-order valence-corrected chi connectivity index (χ0v) is 8.99. The Labute approximate surface area is 89.9 Å². The third-order valence-electron chi connectivity index (χ3n) is 3.43. The van der Waals surface area contributed by atoms with E-state index < -0.39 is 0 Å². The molecule has 80 valence electrons. The molecule has 1 saturated heterocycles. The van der Waals surface area contributed by atoms with Gasteiger partial charge in [0.1, 0.15) is 0 Å². The van der Waals surface area contributed by atoms with Gasteiger partial charge in [0.25, 0.3) is 0 Å². The van der Waals surface area contributed by atoms with Crippen LogP contribution in [0.2, 0.25) is 0 Å². The molecule has 1 aromatic heterocycles. The second-order valence-electron chi connectivity index (χ2n) is 4.42. The Morgan fingerprint density at radius 2 is 2.33 bits per heavy atom. The summed E-state index contributed by atoms with van der Waals surface area (Å²) in [6.07, 6.45) is 3.01. The maximum atomic E-state index is 5.27. The van der Waals surface area contributed by atoms with E-state index >= 15 is 0 Å². The van der Waals surface area contributed by atoms with E-state index in [1.807, 2.05) is 6.20 Å². The van der Waals surface area contributed by atoms with Crippen LogP contribution in [0.15, 0.2) is 12.3 Å². The molecular formula is C12H16N2O. The molecule has 2 aliphatic heterocycles. The van der Waals surface area contributed by atoms with Gasteiger partial charge in [0.15, 0.2) is 0 Å². The van der Waals surface area contributed by atoms with Crippen LogP contribution in [0.1, 0.15) is 35.7 Å². The average molecular weight is 204 g/mol. The number of ether oxygens (including phenoxy) is 1. The summed E-state index contributed by atoms with van der Waals surface area (Å²) in [6.45, 7) is 5.03. The quantitative estimate of drug-likeness (QED) is 0.751. The second-order valence-corrected chi connectivity index (χ2v) is 4.42. The molecule has 1 N–H and O–H groups in total. The van der Waals surface area contributed by atoms with Gasteiger partial charge < -0.3 is 10.1 Å². The molecule has 0 radical (unpaired) electrons. The summed E-state index contributed by atoms with van der Waals surface area (Å²) in [7, 11) is 0. The van der Waals surface area contributed by atoms with Crippen molar-refractivity contribution in [2.45, 2.75) is 25.3 Å². The molecule has 3 nitrogen and oxygen atoms in total. The summed E-state index contributed by atoms with van der Waals surface area (Å²) in [4.78, 5) is 4.49. The van der Waals surface area contributed by atoms with Crippen LogP contribution in [-0.4, -0.2) is 24.7 Å². The summed E-state index contributed by atoms with van der Waals surface area (Å²) < 4.78 is 5.27. The number of nitrogens with zero attached hydrogens (tertiary/aromatic N) is 1. The van der Waals surface area contributed by atoms with E-state index in [1.165, 1.54) is 16.8 Å². The minimum atomic E-state index is 0.443. The molecule has 0 aliphatic carbocycles. The minimum Gasteiger partial charge on any atom is -0.380 e. The summed E-state index contributed by atoms with van der Waals surface area (Å²) in [5.74, 6) is 0.601. The van der Waals surface area contributed by atoms with Gasteiger partial charge in [-0.1, -0.05) is 0 Å². The summed E-state index contributed by atoms with van der Waals surface area (Å²) >= 11 is 0. The maximum absolute atomic E-state index is 5.27. The van der Waals surface area contributed by atoms with Crippen molar-refractivity contribution in [1.29, 1.82) is 0 Å². The lowest BCUT2D eigenvalue weighted by atomic mass is 9.87. The Hall–Kier alpha value is -0.930. The number of rotatable bonds is 1. The van der Waals surface area contributed by atoms with Crippen LogP contribution in [0.5, 0.6) is 0 Å². The van der Waals surface area contributed by atoms with Gasteiger partial charge in [0.2, 0.25) is 0 Å². The van der Waals surface area contributed by atoms with Gasteiger partial charge in [-0.05, 0) is 24.1 Å². The van der Waals surface area contributed by atoms with Crippen molar-refractivity contribution in [3.8, 4) is 0 Å². The van der Waals surface area contributed by atoms with Crippen molar-refractivity contribution < 1.29 is 4.74 Å². The molecule has 0 amide bonds. The fourth-order valence-corrected chi connectivity index (χ4v) is 2.51. The molecule has 1 fully saturated rings. The highest BCUT2D eigenvalue weighted by atomic mass is 16.5. The fourth-order valence-electron chi connectivity index (χ4n) is 2.51. The van der Waals surface area contributed by atoms with Crippen molar-refractivity contribution in [1.82, 2.24) is 10.3 Å². The summed E-state index contributed by atoms with van der Waals surface area (Å²) in [6, 6.07) is 2.60. The van der Waals surface area contributed by atoms with Gasteiger partial charge in [-0.15, -0.1) is 0 Å². The summed E-state index contributed by atoms with van der Waals surface area (Å²) in [5, 5.41) is 3.50. The molecule has 1 atom stereocenters. The lowest BCUT2D eigenvalue weighted by molar-refractivity contribution is 0.00779. The predicted octanol–water partition coefficient (Wildman–Crippen LogP) is 1.40. The third kappa shape index (κ3) is 1.46. The van der Waals surface area contributed by atoms with E-state index in [-0.39, 0.29) is 0 Å². The highest BCUT2D eigenvalue weighted by Gasteiger charge is 2.28. The third-order valence-corrected chi connectivity index (χ3v) is 3.43. The molecule has 0 bridgehead atoms. The zero-order valence-electron chi connectivity index (χ0n) is 8.99. The monoisotopic (exact) mass is 204 g/mol. The molecule has 3 heterocycles. The van der Waals surface area contributed by atoms with E-state index in [2.05, 4.69) is 23.3 Å².